The number of hydrogen-bond acceptors (Lipinski definition) is 5. The number of benzene rings is 1. The van der Waals surface area contributed by atoms with E-state index in [1.54, 1.807) is 0 Å². The van der Waals surface area contributed by atoms with Gasteiger partial charge in [-0.2, -0.15) is 0 Å². The molecule has 1 aromatic heterocycles. The van der Waals surface area contributed by atoms with Crippen molar-refractivity contribution in [3.63, 3.8) is 0 Å². The zero-order valence-electron chi connectivity index (χ0n) is 14.5. The Morgan fingerprint density at radius 2 is 1.92 bits per heavy atom. The van der Waals surface area contributed by atoms with Crippen molar-refractivity contribution in [2.24, 2.45) is 5.92 Å². The van der Waals surface area contributed by atoms with Crippen LogP contribution in [0.25, 0.3) is 0 Å². The molecule has 1 saturated carbocycles. The van der Waals surface area contributed by atoms with E-state index < -0.39 is 4.33 Å². The third kappa shape index (κ3) is 4.54. The van der Waals surface area contributed by atoms with Gasteiger partial charge in [-0.25, -0.2) is 4.68 Å². The molecule has 0 saturated heterocycles. The van der Waals surface area contributed by atoms with Crippen molar-refractivity contribution in [2.75, 3.05) is 11.6 Å². The van der Waals surface area contributed by atoms with Crippen LogP contribution in [0, 0.1) is 5.92 Å². The minimum atomic E-state index is -0.586. The number of halogens is 2. The summed E-state index contributed by atoms with van der Waals surface area (Å²) in [5.74, 6) is 8.45. The molecular weight excluding hydrogens is 379 g/mol. The number of nitrogen functional groups attached to an aromatic ring is 1. The molecule has 3 rings (SSSR count). The van der Waals surface area contributed by atoms with Gasteiger partial charge in [0.05, 0.1) is 0 Å². The summed E-state index contributed by atoms with van der Waals surface area (Å²) < 4.78 is 6.64. The lowest BCUT2D eigenvalue weighted by molar-refractivity contribution is 0.291. The number of thioether (sulfide) groups is 1. The first kappa shape index (κ1) is 18.7. The van der Waals surface area contributed by atoms with Gasteiger partial charge in [0, 0.05) is 11.7 Å². The summed E-state index contributed by atoms with van der Waals surface area (Å²) in [4.78, 5) is 0. The molecule has 2 N–H and O–H groups in total. The molecule has 25 heavy (non-hydrogen) atoms. The van der Waals surface area contributed by atoms with Crippen molar-refractivity contribution in [2.45, 2.75) is 48.7 Å². The molecule has 1 fully saturated rings. The highest BCUT2D eigenvalue weighted by Gasteiger charge is 2.51. The second-order valence-corrected chi connectivity index (χ2v) is 9.83. The minimum absolute atomic E-state index is 0.118. The van der Waals surface area contributed by atoms with Gasteiger partial charge < -0.3 is 10.6 Å². The lowest BCUT2D eigenvalue weighted by Crippen LogP contribution is -2.16. The highest BCUT2D eigenvalue weighted by atomic mass is 35.5. The highest BCUT2D eigenvalue weighted by Crippen LogP contribution is 2.54. The number of aromatic nitrogens is 3. The summed E-state index contributed by atoms with van der Waals surface area (Å²) in [5, 5.41) is 8.84. The Morgan fingerprint density at radius 3 is 2.48 bits per heavy atom. The van der Waals surface area contributed by atoms with Crippen LogP contribution in [0.4, 0.5) is 0 Å². The van der Waals surface area contributed by atoms with Gasteiger partial charge in [-0.05, 0) is 29.5 Å². The van der Waals surface area contributed by atoms with Crippen LogP contribution in [0.3, 0.4) is 0 Å². The highest BCUT2D eigenvalue weighted by molar-refractivity contribution is 7.99. The maximum Gasteiger partial charge on any atom is 0.209 e. The standard InChI is InChI=1S/C17H22Cl2N4OS/c1-16(2,3)11-4-6-13(7-5-11)24-9-14-21-22-15(23(14)20)25-10-12-8-17(12,18)19/h4-7,12H,8-10,20H2,1-3H3. The molecule has 1 heterocycles. The van der Waals surface area contributed by atoms with E-state index >= 15 is 0 Å². The minimum Gasteiger partial charge on any atom is -0.486 e. The summed E-state index contributed by atoms with van der Waals surface area (Å²) in [6, 6.07) is 8.07. The molecule has 0 aliphatic heterocycles. The average molecular weight is 401 g/mol. The summed E-state index contributed by atoms with van der Waals surface area (Å²) in [6.45, 7) is 6.80. The van der Waals surface area contributed by atoms with Crippen LogP contribution in [0.5, 0.6) is 5.75 Å². The number of ether oxygens (including phenoxy) is 1. The molecule has 8 heteroatoms. The second-order valence-electron chi connectivity index (χ2n) is 7.30. The topological polar surface area (TPSA) is 66.0 Å². The molecule has 1 unspecified atom stereocenters. The summed E-state index contributed by atoms with van der Waals surface area (Å²) in [7, 11) is 0. The molecule has 1 aliphatic carbocycles. The fourth-order valence-electron chi connectivity index (χ4n) is 2.33. The summed E-state index contributed by atoms with van der Waals surface area (Å²) >= 11 is 13.6. The molecule has 5 nitrogen and oxygen atoms in total. The Bertz CT molecular complexity index is 740. The van der Waals surface area contributed by atoms with Gasteiger partial charge in [0.2, 0.25) is 5.16 Å². The maximum atomic E-state index is 6.05. The third-order valence-electron chi connectivity index (χ3n) is 4.19. The number of nitrogens with two attached hydrogens (primary N) is 1. The first-order chi connectivity index (χ1) is 11.7. The Balaban J connectivity index is 1.55. The van der Waals surface area contributed by atoms with Gasteiger partial charge in [-0.3, -0.25) is 0 Å². The molecule has 0 amide bonds. The zero-order chi connectivity index (χ0) is 18.2. The number of alkyl halides is 2. The van der Waals surface area contributed by atoms with Crippen LogP contribution in [0.1, 0.15) is 38.6 Å². The lowest BCUT2D eigenvalue weighted by atomic mass is 9.87. The molecule has 1 aromatic carbocycles. The quantitative estimate of drug-likeness (QED) is 0.447. The van der Waals surface area contributed by atoms with E-state index in [4.69, 9.17) is 33.8 Å². The third-order valence-corrected chi connectivity index (χ3v) is 6.22. The molecule has 0 spiro atoms. The predicted octanol–water partition coefficient (Wildman–Crippen LogP) is 4.15. The number of hydrogen-bond donors (Lipinski definition) is 1. The van der Waals surface area contributed by atoms with E-state index in [2.05, 4.69) is 43.1 Å². The van der Waals surface area contributed by atoms with E-state index in [0.717, 1.165) is 17.9 Å². The van der Waals surface area contributed by atoms with Crippen molar-refractivity contribution in [1.82, 2.24) is 14.9 Å². The Labute approximate surface area is 162 Å². The molecule has 2 aromatic rings. The van der Waals surface area contributed by atoms with Crippen molar-refractivity contribution >= 4 is 35.0 Å². The second kappa shape index (κ2) is 6.89. The molecule has 0 bridgehead atoms. The van der Waals surface area contributed by atoms with Gasteiger partial charge in [-0.1, -0.05) is 44.7 Å². The van der Waals surface area contributed by atoms with Gasteiger partial charge >= 0.3 is 0 Å². The first-order valence-electron chi connectivity index (χ1n) is 8.10. The van der Waals surface area contributed by atoms with Crippen LogP contribution in [-0.4, -0.2) is 25.0 Å². The van der Waals surface area contributed by atoms with Crippen molar-refractivity contribution in [3.05, 3.63) is 35.7 Å². The fourth-order valence-corrected chi connectivity index (χ4v) is 4.13. The van der Waals surface area contributed by atoms with E-state index in [1.807, 2.05) is 12.1 Å². The summed E-state index contributed by atoms with van der Waals surface area (Å²) in [6.07, 6.45) is 0.808. The SMILES string of the molecule is CC(C)(C)c1ccc(OCc2nnc(SCC3CC3(Cl)Cl)n2N)cc1. The van der Waals surface area contributed by atoms with Gasteiger partial charge in [0.15, 0.2) is 5.82 Å². The Morgan fingerprint density at radius 1 is 1.28 bits per heavy atom. The monoisotopic (exact) mass is 400 g/mol. The average Bonchev–Trinajstić information content (AvgIpc) is 3.00. The molecule has 136 valence electrons. The van der Waals surface area contributed by atoms with Crippen LogP contribution >= 0.6 is 35.0 Å². The first-order valence-corrected chi connectivity index (χ1v) is 9.84. The zero-order valence-corrected chi connectivity index (χ0v) is 16.8. The Kier molecular flexibility index (Phi) is 5.15. The van der Waals surface area contributed by atoms with Gasteiger partial charge in [0.25, 0.3) is 0 Å². The molecule has 1 aliphatic rings. The van der Waals surface area contributed by atoms with Crippen LogP contribution in [0.15, 0.2) is 29.4 Å². The molecule has 0 radical (unpaired) electrons. The van der Waals surface area contributed by atoms with E-state index in [-0.39, 0.29) is 17.9 Å². The van der Waals surface area contributed by atoms with Crippen molar-refractivity contribution in [3.8, 4) is 5.75 Å². The summed E-state index contributed by atoms with van der Waals surface area (Å²) in [5.41, 5.74) is 1.38. The maximum absolute atomic E-state index is 6.05. The van der Waals surface area contributed by atoms with Crippen molar-refractivity contribution in [1.29, 1.82) is 0 Å². The van der Waals surface area contributed by atoms with Crippen molar-refractivity contribution < 1.29 is 4.74 Å². The smallest absolute Gasteiger partial charge is 0.209 e. The van der Waals surface area contributed by atoms with Gasteiger partial charge in [0.1, 0.15) is 16.7 Å². The largest absolute Gasteiger partial charge is 0.486 e. The number of nitrogens with zero attached hydrogens (tertiary/aromatic N) is 3. The van der Waals surface area contributed by atoms with Crippen LogP contribution in [-0.2, 0) is 12.0 Å². The van der Waals surface area contributed by atoms with E-state index in [0.29, 0.717) is 11.0 Å². The fraction of sp³-hybridized carbons (Fsp3) is 0.529. The predicted molar refractivity (Wildman–Crippen MR) is 103 cm³/mol. The van der Waals surface area contributed by atoms with E-state index in [1.165, 1.54) is 22.0 Å². The molecular formula is C17H22Cl2N4OS. The van der Waals surface area contributed by atoms with Gasteiger partial charge in [-0.15, -0.1) is 33.4 Å². The molecule has 1 atom stereocenters. The lowest BCUT2D eigenvalue weighted by Gasteiger charge is -2.19. The van der Waals surface area contributed by atoms with Crippen LogP contribution in [0.2, 0.25) is 0 Å². The van der Waals surface area contributed by atoms with E-state index in [9.17, 15) is 0 Å². The Hall–Kier alpha value is -1.11. The normalized spacial score (nSPS) is 19.0. The number of rotatable bonds is 6. The van der Waals surface area contributed by atoms with Crippen LogP contribution < -0.4 is 10.6 Å².